The largest absolute Gasteiger partial charge is 0.461 e. The second-order valence-corrected chi connectivity index (χ2v) is 15.4. The monoisotopic (exact) mass is 998 g/mol. The van der Waals surface area contributed by atoms with Gasteiger partial charge in [-0.15, -0.1) is 19.3 Å². The number of fused-ring (bicyclic) bond motifs is 2. The Labute approximate surface area is 404 Å². The fourth-order valence-corrected chi connectivity index (χ4v) is 7.19. The van der Waals surface area contributed by atoms with E-state index >= 15 is 0 Å². The zero-order valence-corrected chi connectivity index (χ0v) is 41.6. The number of rotatable bonds is 8. The molecule has 0 aliphatic carbocycles. The van der Waals surface area contributed by atoms with E-state index in [1.807, 2.05) is 96.2 Å². The van der Waals surface area contributed by atoms with Crippen LogP contribution in [0.3, 0.4) is 0 Å². The smallest absolute Gasteiger partial charge is 0.359 e. The maximum Gasteiger partial charge on any atom is 0.359 e. The molecule has 0 spiro atoms. The molecule has 1 unspecified atom stereocenters. The number of carbonyl (C=O) groups is 4. The summed E-state index contributed by atoms with van der Waals surface area (Å²) in [6, 6.07) is 15.5. The molecule has 0 saturated carbocycles. The molecule has 65 heavy (non-hydrogen) atoms. The van der Waals surface area contributed by atoms with Gasteiger partial charge in [-0.05, 0) is 62.9 Å². The molecule has 2 aromatic carbocycles. The number of amides is 2. The number of aromatic nitrogens is 4. The first kappa shape index (κ1) is 59.9. The van der Waals surface area contributed by atoms with Gasteiger partial charge in [0.05, 0.1) is 36.0 Å². The number of nitrogens with one attached hydrogen (secondary N) is 1. The van der Waals surface area contributed by atoms with Gasteiger partial charge in [0.25, 0.3) is 0 Å². The summed E-state index contributed by atoms with van der Waals surface area (Å²) in [4.78, 5) is 45.6. The molecule has 0 bridgehead atoms. The Morgan fingerprint density at radius 1 is 0.938 bits per heavy atom. The Balaban J connectivity index is 0.000000913. The van der Waals surface area contributed by atoms with Crippen molar-refractivity contribution in [1.82, 2.24) is 38.4 Å². The molecule has 1 atom stereocenters. The molecule has 4 aromatic rings. The molecule has 3 aliphatic heterocycles. The molecule has 1 fully saturated rings. The normalized spacial score (nSPS) is 14.2. The minimum atomic E-state index is -0.736. The molecule has 2 aromatic heterocycles. The van der Waals surface area contributed by atoms with Crippen LogP contribution in [0.5, 0.6) is 0 Å². The third kappa shape index (κ3) is 18.0. The van der Waals surface area contributed by atoms with Gasteiger partial charge in [0, 0.05) is 80.8 Å². The summed E-state index contributed by atoms with van der Waals surface area (Å²) >= 11 is 9.55. The highest BCUT2D eigenvalue weighted by Gasteiger charge is 2.30. The number of hydrogen-bond donors (Lipinski definition) is 3. The summed E-state index contributed by atoms with van der Waals surface area (Å²) in [5.41, 5.74) is 7.32. The maximum absolute atomic E-state index is 12.3. The average molecular weight is 1000 g/mol. The fourth-order valence-electron chi connectivity index (χ4n) is 6.03. The quantitative estimate of drug-likeness (QED) is 0.0536. The van der Waals surface area contributed by atoms with E-state index in [0.717, 1.165) is 76.3 Å². The molecular weight excluding hydrogens is 933 g/mol. The number of terminal acetylenes is 2. The number of benzene rings is 2. The highest BCUT2D eigenvalue weighted by molar-refractivity contribution is 9.10. The van der Waals surface area contributed by atoms with Crippen LogP contribution in [-0.4, -0.2) is 122 Å². The number of carbonyl (C=O) groups excluding carboxylic acids is 4. The first-order chi connectivity index (χ1) is 30.8. The number of aliphatic hydroxyl groups excluding tert-OH is 1. The van der Waals surface area contributed by atoms with Crippen LogP contribution in [0.15, 0.2) is 53.0 Å². The number of halogens is 1. The number of nitrogens with zero attached hydrogens (tertiary/aromatic N) is 7. The summed E-state index contributed by atoms with van der Waals surface area (Å²) in [5, 5.41) is 20.1. The second-order valence-electron chi connectivity index (χ2n) is 13.1. The van der Waals surface area contributed by atoms with Gasteiger partial charge in [-0.25, -0.2) is 27.6 Å². The SMILES string of the molecule is C.C#C.C#Cc1cccc(-n2nc(C(=O)OCC)c3c2CCN(SC)C3)c1.CC.CC.CCOC(=O)c1nn(-c2cccc(Br)c2)c2c1CN(S)CC2.CN(C)C=O.O=C1NCCC1O. The summed E-state index contributed by atoms with van der Waals surface area (Å²) in [6.07, 6.45) is 17.7. The predicted octanol–water partition coefficient (Wildman–Crippen LogP) is 7.19. The third-order valence-corrected chi connectivity index (χ3v) is 10.5. The first-order valence-corrected chi connectivity index (χ1v) is 23.2. The van der Waals surface area contributed by atoms with Gasteiger partial charge in [-0.2, -0.15) is 10.2 Å². The van der Waals surface area contributed by atoms with Crippen molar-refractivity contribution in [2.24, 2.45) is 0 Å². The Morgan fingerprint density at radius 2 is 1.43 bits per heavy atom. The van der Waals surface area contributed by atoms with Crippen LogP contribution in [0.4, 0.5) is 0 Å². The lowest BCUT2D eigenvalue weighted by Gasteiger charge is -2.25. The predicted molar refractivity (Wildman–Crippen MR) is 268 cm³/mol. The van der Waals surface area contributed by atoms with Crippen LogP contribution in [-0.2, 0) is 45.0 Å². The molecule has 7 rings (SSSR count). The van der Waals surface area contributed by atoms with E-state index < -0.39 is 6.10 Å². The van der Waals surface area contributed by atoms with Gasteiger partial charge < -0.3 is 24.8 Å². The summed E-state index contributed by atoms with van der Waals surface area (Å²) in [6.45, 7) is 15.9. The van der Waals surface area contributed by atoms with E-state index in [0.29, 0.717) is 50.7 Å². The zero-order chi connectivity index (χ0) is 48.4. The van der Waals surface area contributed by atoms with Crippen molar-refractivity contribution in [3.63, 3.8) is 0 Å². The van der Waals surface area contributed by atoms with Crippen LogP contribution >= 0.6 is 40.7 Å². The van der Waals surface area contributed by atoms with Crippen LogP contribution in [0.1, 0.15) is 104 Å². The zero-order valence-electron chi connectivity index (χ0n) is 38.3. The van der Waals surface area contributed by atoms with E-state index in [1.54, 1.807) is 39.9 Å². The Hall–Kier alpha value is -5.08. The molecular formula is C47H67BrN8O7S2. The van der Waals surface area contributed by atoms with Crippen molar-refractivity contribution >= 4 is 64.9 Å². The third-order valence-electron chi connectivity index (χ3n) is 8.80. The maximum atomic E-state index is 12.3. The molecule has 2 amide bonds. The van der Waals surface area contributed by atoms with Crippen molar-refractivity contribution < 1.29 is 33.8 Å². The molecule has 2 N–H and O–H groups in total. The molecule has 0 radical (unpaired) electrons. The number of hydrogen-bond acceptors (Lipinski definition) is 13. The molecule has 15 nitrogen and oxygen atoms in total. The first-order valence-electron chi connectivity index (χ1n) is 20.9. The summed E-state index contributed by atoms with van der Waals surface area (Å²) < 4.78 is 19.1. The minimum absolute atomic E-state index is 0. The van der Waals surface area contributed by atoms with Gasteiger partial charge in [0.1, 0.15) is 6.10 Å². The van der Waals surface area contributed by atoms with Crippen molar-refractivity contribution in [3.8, 4) is 36.6 Å². The fraction of sp³-hybridized carbons (Fsp3) is 0.447. The van der Waals surface area contributed by atoms with Gasteiger partial charge in [0.2, 0.25) is 12.3 Å². The Morgan fingerprint density at radius 3 is 1.85 bits per heavy atom. The van der Waals surface area contributed by atoms with Crippen LogP contribution < -0.4 is 5.32 Å². The number of esters is 2. The highest BCUT2D eigenvalue weighted by atomic mass is 79.9. The van der Waals surface area contributed by atoms with Crippen molar-refractivity contribution in [3.05, 3.63) is 92.5 Å². The van der Waals surface area contributed by atoms with E-state index in [1.165, 1.54) is 4.90 Å². The van der Waals surface area contributed by atoms with Crippen molar-refractivity contribution in [2.75, 3.05) is 53.2 Å². The van der Waals surface area contributed by atoms with E-state index in [-0.39, 0.29) is 25.3 Å². The summed E-state index contributed by atoms with van der Waals surface area (Å²) in [7, 11) is 3.38. The van der Waals surface area contributed by atoms with Gasteiger partial charge >= 0.3 is 11.9 Å². The Bertz CT molecular complexity index is 2150. The van der Waals surface area contributed by atoms with E-state index in [9.17, 15) is 19.2 Å². The molecule has 1 saturated heterocycles. The standard InChI is InChI=1S/C18H19N3O2S.C15H16BrN3O2S.C4H7NO2.C3H7NO.2C2H6.C2H2.CH4/c1-4-13-7-6-8-14(11-13)21-16-9-10-20(24-3)12-15(16)17(19-21)18(22)23-5-2;1-2-21-15(20)14-12-9-18(22)7-6-13(12)19(17-14)11-5-3-4-10(16)8-11;6-3-1-2-5-4(3)7;1-4(2)3-5;3*1-2;/h1,6-8,11H,5,9-10,12H2,2-3H3;3-5,8,22H,2,6-7,9H2,1H3;3,6H,1-2H2,(H,5,7);3H,1-2H3;2*1-2H3;1-2H;1H4. The van der Waals surface area contributed by atoms with E-state index in [4.69, 9.17) is 21.0 Å². The minimum Gasteiger partial charge on any atom is -0.461 e. The number of ether oxygens (including phenoxy) is 2. The van der Waals surface area contributed by atoms with Gasteiger partial charge in [-0.3, -0.25) is 9.59 Å². The van der Waals surface area contributed by atoms with Gasteiger partial charge in [0.15, 0.2) is 11.4 Å². The average Bonchev–Trinajstić information content (AvgIpc) is 4.03. The van der Waals surface area contributed by atoms with Crippen LogP contribution in [0.25, 0.3) is 11.4 Å². The van der Waals surface area contributed by atoms with Crippen molar-refractivity contribution in [1.29, 1.82) is 0 Å². The van der Waals surface area contributed by atoms with E-state index in [2.05, 4.69) is 67.3 Å². The lowest BCUT2D eigenvalue weighted by atomic mass is 10.1. The molecule has 18 heteroatoms. The lowest BCUT2D eigenvalue weighted by Crippen LogP contribution is -2.26. The topological polar surface area (TPSA) is 164 Å². The summed E-state index contributed by atoms with van der Waals surface area (Å²) in [5.74, 6) is 1.65. The second kappa shape index (κ2) is 32.6. The molecule has 356 valence electrons. The van der Waals surface area contributed by atoms with Gasteiger partial charge in [-0.1, -0.05) is 93.9 Å². The molecule has 5 heterocycles. The lowest BCUT2D eigenvalue weighted by molar-refractivity contribution is -0.126. The number of aliphatic hydroxyl groups is 1. The Kier molecular flexibility index (Phi) is 30.0. The number of thiol groups is 1. The van der Waals surface area contributed by atoms with Crippen LogP contribution in [0, 0.1) is 25.2 Å². The highest BCUT2D eigenvalue weighted by Crippen LogP contribution is 2.30. The van der Waals surface area contributed by atoms with Crippen LogP contribution in [0.2, 0.25) is 0 Å². The van der Waals surface area contributed by atoms with Crippen molar-refractivity contribution in [2.45, 2.75) is 87.4 Å². The molecule has 3 aliphatic rings.